The molecule has 1 aliphatic rings. The molecular weight excluding hydrogens is 397 g/mol. The molecule has 0 aromatic carbocycles. The lowest BCUT2D eigenvalue weighted by Crippen LogP contribution is -2.49. The molecule has 7 nitrogen and oxygen atoms in total. The van der Waals surface area contributed by atoms with Crippen molar-refractivity contribution in [3.8, 4) is 0 Å². The van der Waals surface area contributed by atoms with Crippen molar-refractivity contribution in [2.75, 3.05) is 0 Å². The number of aliphatic hydroxyl groups is 1. The average molecular weight is 409 g/mol. The number of ether oxygens (including phenoxy) is 1. The van der Waals surface area contributed by atoms with Gasteiger partial charge in [0.2, 0.25) is 0 Å². The zero-order valence-corrected chi connectivity index (χ0v) is 13.6. The van der Waals surface area contributed by atoms with Gasteiger partial charge >= 0.3 is 6.36 Å². The second-order valence-corrected chi connectivity index (χ2v) is 6.10. The number of aliphatic hydroxyl groups excluding tert-OH is 1. The van der Waals surface area contributed by atoms with E-state index in [0.717, 1.165) is 0 Å². The van der Waals surface area contributed by atoms with Gasteiger partial charge in [0.1, 0.15) is 11.4 Å². The van der Waals surface area contributed by atoms with Crippen molar-refractivity contribution in [1.82, 2.24) is 19.9 Å². The number of aromatic nitrogens is 3. The van der Waals surface area contributed by atoms with Crippen LogP contribution in [0.1, 0.15) is 29.0 Å². The Balaban J connectivity index is 1.70. The molecule has 0 unspecified atom stereocenters. The smallest absolute Gasteiger partial charge is 0.390 e. The van der Waals surface area contributed by atoms with E-state index in [4.69, 9.17) is 0 Å². The van der Waals surface area contributed by atoms with Crippen molar-refractivity contribution in [3.63, 3.8) is 0 Å². The first kappa shape index (κ1) is 17.1. The summed E-state index contributed by atoms with van der Waals surface area (Å²) in [6, 6.07) is 1.04. The number of nitrogens with one attached hydrogen (secondary N) is 1. The zero-order chi connectivity index (χ0) is 17.5. The molecule has 3 rings (SSSR count). The maximum Gasteiger partial charge on any atom is 0.522 e. The highest BCUT2D eigenvalue weighted by Crippen LogP contribution is 2.30. The fraction of sp³-hybridized carbons (Fsp3) is 0.462. The third-order valence-electron chi connectivity index (χ3n) is 3.64. The van der Waals surface area contributed by atoms with Crippen molar-refractivity contribution in [1.29, 1.82) is 0 Å². The lowest BCUT2D eigenvalue weighted by atomic mass is 9.89. The molecule has 1 fully saturated rings. The van der Waals surface area contributed by atoms with Gasteiger partial charge in [0, 0.05) is 12.2 Å². The van der Waals surface area contributed by atoms with Gasteiger partial charge < -0.3 is 10.4 Å². The van der Waals surface area contributed by atoms with Crippen molar-refractivity contribution >= 4 is 27.5 Å². The predicted molar refractivity (Wildman–Crippen MR) is 78.0 cm³/mol. The molecule has 130 valence electrons. The SMILES string of the molecule is O=C(N[C@H]1C[C@@H](OC(F)(F)F)C1)c1ccnc2c(Br)c(CO)nn12. The van der Waals surface area contributed by atoms with Crippen LogP contribution in [0.4, 0.5) is 13.2 Å². The van der Waals surface area contributed by atoms with Crippen molar-refractivity contribution in [3.05, 3.63) is 28.1 Å². The first-order chi connectivity index (χ1) is 11.3. The van der Waals surface area contributed by atoms with Crippen molar-refractivity contribution < 1.29 is 27.8 Å². The second kappa shape index (κ2) is 6.30. The normalized spacial score (nSPS) is 20.9. The van der Waals surface area contributed by atoms with Gasteiger partial charge in [-0.3, -0.25) is 9.53 Å². The van der Waals surface area contributed by atoms with Gasteiger partial charge in [-0.25, -0.2) is 9.50 Å². The third kappa shape index (κ3) is 3.37. The summed E-state index contributed by atoms with van der Waals surface area (Å²) in [5.41, 5.74) is 0.851. The monoisotopic (exact) mass is 408 g/mol. The molecule has 2 aromatic heterocycles. The standard InChI is InChI=1S/C13H12BrF3N4O3/c14-10-8(5-22)20-21-9(1-2-18-11(10)21)12(23)19-6-3-7(4-6)24-13(15,16)17/h1-2,6-7,22H,3-5H2,(H,19,23)/t6-,7+. The molecule has 0 radical (unpaired) electrons. The van der Waals surface area contributed by atoms with Crippen molar-refractivity contribution in [2.24, 2.45) is 0 Å². The molecule has 1 aliphatic carbocycles. The van der Waals surface area contributed by atoms with Crippen LogP contribution in [0.2, 0.25) is 0 Å². The summed E-state index contributed by atoms with van der Waals surface area (Å²) in [4.78, 5) is 16.4. The van der Waals surface area contributed by atoms with Crippen molar-refractivity contribution in [2.45, 2.75) is 38.0 Å². The number of hydrogen-bond donors (Lipinski definition) is 2. The summed E-state index contributed by atoms with van der Waals surface area (Å²) in [5.74, 6) is -0.489. The number of hydrogen-bond acceptors (Lipinski definition) is 5. The minimum atomic E-state index is -4.67. The minimum absolute atomic E-state index is 0.0875. The largest absolute Gasteiger partial charge is 0.522 e. The van der Waals surface area contributed by atoms with Crippen LogP contribution < -0.4 is 5.32 Å². The summed E-state index contributed by atoms with van der Waals surface area (Å²) in [6.07, 6.45) is -4.02. The van der Waals surface area contributed by atoms with Gasteiger partial charge in [0.25, 0.3) is 5.91 Å². The van der Waals surface area contributed by atoms with Crippen LogP contribution in [-0.2, 0) is 11.3 Å². The Morgan fingerprint density at radius 2 is 2.21 bits per heavy atom. The molecule has 11 heteroatoms. The first-order valence-electron chi connectivity index (χ1n) is 6.97. The van der Waals surface area contributed by atoms with Crippen LogP contribution in [0, 0.1) is 0 Å². The Kier molecular flexibility index (Phi) is 4.49. The number of carbonyl (C=O) groups is 1. The summed E-state index contributed by atoms with van der Waals surface area (Å²) in [7, 11) is 0. The summed E-state index contributed by atoms with van der Waals surface area (Å²) >= 11 is 3.25. The van der Waals surface area contributed by atoms with Gasteiger partial charge in [-0.2, -0.15) is 5.10 Å². The summed E-state index contributed by atoms with van der Waals surface area (Å²) in [5, 5.41) is 15.9. The Bertz CT molecular complexity index is 774. The molecule has 0 aliphatic heterocycles. The summed E-state index contributed by atoms with van der Waals surface area (Å²) in [6.45, 7) is -0.329. The number of carbonyl (C=O) groups excluding carboxylic acids is 1. The van der Waals surface area contributed by atoms with Crippen LogP contribution in [-0.4, -0.2) is 44.1 Å². The highest BCUT2D eigenvalue weighted by Gasteiger charge is 2.40. The molecule has 0 atom stereocenters. The fourth-order valence-electron chi connectivity index (χ4n) is 2.46. The Morgan fingerprint density at radius 3 is 2.83 bits per heavy atom. The van der Waals surface area contributed by atoms with E-state index in [1.807, 2.05) is 0 Å². The Hall–Kier alpha value is -1.72. The highest BCUT2D eigenvalue weighted by atomic mass is 79.9. The molecule has 0 spiro atoms. The van der Waals surface area contributed by atoms with E-state index in [0.29, 0.717) is 15.8 Å². The third-order valence-corrected chi connectivity index (χ3v) is 4.45. The predicted octanol–water partition coefficient (Wildman–Crippen LogP) is 1.78. The quantitative estimate of drug-likeness (QED) is 0.804. The lowest BCUT2D eigenvalue weighted by Gasteiger charge is -2.35. The molecule has 2 N–H and O–H groups in total. The number of halogens is 4. The van der Waals surface area contributed by atoms with Gasteiger partial charge in [0.05, 0.1) is 17.2 Å². The molecule has 24 heavy (non-hydrogen) atoms. The number of alkyl halides is 3. The molecule has 2 aromatic rings. The maximum absolute atomic E-state index is 12.3. The van der Waals surface area contributed by atoms with Gasteiger partial charge in [-0.05, 0) is 34.8 Å². The van der Waals surface area contributed by atoms with E-state index in [2.05, 4.69) is 36.1 Å². The van der Waals surface area contributed by atoms with E-state index in [9.17, 15) is 23.1 Å². The van der Waals surface area contributed by atoms with Gasteiger partial charge in [0.15, 0.2) is 5.65 Å². The Morgan fingerprint density at radius 1 is 1.50 bits per heavy atom. The fourth-order valence-corrected chi connectivity index (χ4v) is 2.94. The molecule has 1 amide bonds. The maximum atomic E-state index is 12.3. The first-order valence-corrected chi connectivity index (χ1v) is 7.76. The zero-order valence-electron chi connectivity index (χ0n) is 12.0. The number of nitrogens with zero attached hydrogens (tertiary/aromatic N) is 3. The van der Waals surface area contributed by atoms with E-state index in [1.54, 1.807) is 0 Å². The molecule has 0 bridgehead atoms. The number of rotatable bonds is 4. The average Bonchev–Trinajstić information content (AvgIpc) is 2.80. The van der Waals surface area contributed by atoms with Gasteiger partial charge in [-0.15, -0.1) is 13.2 Å². The number of amides is 1. The lowest BCUT2D eigenvalue weighted by molar-refractivity contribution is -0.351. The minimum Gasteiger partial charge on any atom is -0.390 e. The molecule has 2 heterocycles. The Labute approximate surface area is 141 Å². The van der Waals surface area contributed by atoms with Crippen LogP contribution >= 0.6 is 15.9 Å². The van der Waals surface area contributed by atoms with E-state index in [1.165, 1.54) is 16.8 Å². The van der Waals surface area contributed by atoms with Crippen LogP contribution in [0.5, 0.6) is 0 Å². The van der Waals surface area contributed by atoms with E-state index in [-0.39, 0.29) is 25.1 Å². The molecular formula is C13H12BrF3N4O3. The highest BCUT2D eigenvalue weighted by molar-refractivity contribution is 9.10. The van der Waals surface area contributed by atoms with Gasteiger partial charge in [-0.1, -0.05) is 0 Å². The van der Waals surface area contributed by atoms with Crippen LogP contribution in [0.15, 0.2) is 16.7 Å². The van der Waals surface area contributed by atoms with E-state index < -0.39 is 24.4 Å². The topological polar surface area (TPSA) is 88.8 Å². The van der Waals surface area contributed by atoms with Crippen LogP contribution in [0.25, 0.3) is 5.65 Å². The molecule has 1 saturated carbocycles. The van der Waals surface area contributed by atoms with Crippen LogP contribution in [0.3, 0.4) is 0 Å². The second-order valence-electron chi connectivity index (χ2n) is 5.31. The number of fused-ring (bicyclic) bond motifs is 1. The molecule has 0 saturated heterocycles. The summed E-state index contributed by atoms with van der Waals surface area (Å²) < 4.78 is 41.9. The van der Waals surface area contributed by atoms with E-state index >= 15 is 0 Å².